The average molecular weight is 420 g/mol. The van der Waals surface area contributed by atoms with Crippen LogP contribution in [0.25, 0.3) is 11.1 Å². The molecule has 0 spiro atoms. The molecule has 6 heteroatoms. The van der Waals surface area contributed by atoms with Gasteiger partial charge in [0.2, 0.25) is 0 Å². The molecule has 0 saturated carbocycles. The molecule has 1 saturated heterocycles. The maximum atomic E-state index is 13.9. The SMILES string of the molecule is CCCCOC(=O)N1CCC(CSc2ccc(-c3ccc(F)cc3F)cc2)CC1. The lowest BCUT2D eigenvalue weighted by Gasteiger charge is -2.31. The lowest BCUT2D eigenvalue weighted by atomic mass is 9.99. The van der Waals surface area contributed by atoms with Crippen LogP contribution in [0.4, 0.5) is 13.6 Å². The zero-order valence-corrected chi connectivity index (χ0v) is 17.5. The molecule has 156 valence electrons. The molecule has 3 rings (SSSR count). The highest BCUT2D eigenvalue weighted by molar-refractivity contribution is 7.99. The number of hydrogen-bond acceptors (Lipinski definition) is 3. The van der Waals surface area contributed by atoms with Crippen LogP contribution in [0.5, 0.6) is 0 Å². The predicted octanol–water partition coefficient (Wildman–Crippen LogP) is 6.37. The number of benzene rings is 2. The van der Waals surface area contributed by atoms with Crippen molar-refractivity contribution in [2.75, 3.05) is 25.4 Å². The van der Waals surface area contributed by atoms with Gasteiger partial charge in [-0.15, -0.1) is 11.8 Å². The van der Waals surface area contributed by atoms with E-state index in [4.69, 9.17) is 4.74 Å². The highest BCUT2D eigenvalue weighted by Crippen LogP contribution is 2.29. The van der Waals surface area contributed by atoms with Gasteiger partial charge in [0.15, 0.2) is 0 Å². The maximum absolute atomic E-state index is 13.9. The summed E-state index contributed by atoms with van der Waals surface area (Å²) in [5.74, 6) is 0.432. The molecule has 2 aromatic carbocycles. The minimum atomic E-state index is -0.571. The number of thioether (sulfide) groups is 1. The quantitative estimate of drug-likeness (QED) is 0.386. The minimum absolute atomic E-state index is 0.187. The molecule has 1 amide bonds. The normalized spacial score (nSPS) is 14.8. The summed E-state index contributed by atoms with van der Waals surface area (Å²) in [6.07, 6.45) is 3.70. The average Bonchev–Trinajstić information content (AvgIpc) is 2.73. The van der Waals surface area contributed by atoms with Crippen LogP contribution >= 0.6 is 11.8 Å². The van der Waals surface area contributed by atoms with E-state index < -0.39 is 11.6 Å². The van der Waals surface area contributed by atoms with Crippen LogP contribution in [0.3, 0.4) is 0 Å². The monoisotopic (exact) mass is 419 g/mol. The first-order valence-corrected chi connectivity index (χ1v) is 11.2. The van der Waals surface area contributed by atoms with Gasteiger partial charge in [-0.05, 0) is 55.0 Å². The number of likely N-dealkylation sites (tertiary alicyclic amines) is 1. The molecule has 0 N–H and O–H groups in total. The topological polar surface area (TPSA) is 29.5 Å². The van der Waals surface area contributed by atoms with Gasteiger partial charge >= 0.3 is 6.09 Å². The third kappa shape index (κ3) is 6.20. The number of halogens is 2. The van der Waals surface area contributed by atoms with Crippen LogP contribution in [0.2, 0.25) is 0 Å². The number of piperidine rings is 1. The van der Waals surface area contributed by atoms with Gasteiger partial charge in [-0.1, -0.05) is 25.5 Å². The summed E-state index contributed by atoms with van der Waals surface area (Å²) in [4.78, 5) is 14.9. The van der Waals surface area contributed by atoms with Crippen molar-refractivity contribution in [3.8, 4) is 11.1 Å². The first-order chi connectivity index (χ1) is 14.1. The second kappa shape index (κ2) is 10.6. The van der Waals surface area contributed by atoms with Crippen LogP contribution in [0, 0.1) is 17.6 Å². The van der Waals surface area contributed by atoms with E-state index in [1.165, 1.54) is 12.1 Å². The molecule has 0 unspecified atom stereocenters. The number of ether oxygens (including phenoxy) is 1. The van der Waals surface area contributed by atoms with Crippen LogP contribution in [-0.2, 0) is 4.74 Å². The Bertz CT molecular complexity index is 805. The largest absolute Gasteiger partial charge is 0.449 e. The summed E-state index contributed by atoms with van der Waals surface area (Å²) in [5.41, 5.74) is 1.14. The number of unbranched alkanes of at least 4 members (excludes halogenated alkanes) is 1. The number of carbonyl (C=O) groups excluding carboxylic acids is 1. The molecule has 0 bridgehead atoms. The van der Waals surface area contributed by atoms with Gasteiger partial charge in [0.1, 0.15) is 11.6 Å². The number of nitrogens with zero attached hydrogens (tertiary/aromatic N) is 1. The fourth-order valence-electron chi connectivity index (χ4n) is 3.35. The Hall–Kier alpha value is -2.08. The van der Waals surface area contributed by atoms with Crippen molar-refractivity contribution in [3.63, 3.8) is 0 Å². The molecule has 29 heavy (non-hydrogen) atoms. The molecular weight excluding hydrogens is 392 g/mol. The third-order valence-electron chi connectivity index (χ3n) is 5.18. The second-order valence-corrected chi connectivity index (χ2v) is 8.45. The lowest BCUT2D eigenvalue weighted by molar-refractivity contribution is 0.0885. The summed E-state index contributed by atoms with van der Waals surface area (Å²) < 4.78 is 32.3. The van der Waals surface area contributed by atoms with E-state index in [0.29, 0.717) is 18.1 Å². The molecule has 0 atom stereocenters. The van der Waals surface area contributed by atoms with E-state index in [2.05, 4.69) is 6.92 Å². The predicted molar refractivity (Wildman–Crippen MR) is 113 cm³/mol. The summed E-state index contributed by atoms with van der Waals surface area (Å²) in [5, 5.41) is 0. The number of rotatable bonds is 7. The van der Waals surface area contributed by atoms with Gasteiger partial charge in [0.05, 0.1) is 6.61 Å². The van der Waals surface area contributed by atoms with Gasteiger partial charge in [0, 0.05) is 35.4 Å². The van der Waals surface area contributed by atoms with Crippen molar-refractivity contribution in [2.45, 2.75) is 37.5 Å². The lowest BCUT2D eigenvalue weighted by Crippen LogP contribution is -2.39. The Morgan fingerprint density at radius 2 is 1.86 bits per heavy atom. The van der Waals surface area contributed by atoms with Crippen LogP contribution in [-0.4, -0.2) is 36.4 Å². The van der Waals surface area contributed by atoms with Crippen molar-refractivity contribution >= 4 is 17.9 Å². The Kier molecular flexibility index (Phi) is 7.92. The summed E-state index contributed by atoms with van der Waals surface area (Å²) >= 11 is 1.78. The highest BCUT2D eigenvalue weighted by atomic mass is 32.2. The summed E-state index contributed by atoms with van der Waals surface area (Å²) in [6, 6.07) is 11.3. The van der Waals surface area contributed by atoms with Gasteiger partial charge in [-0.25, -0.2) is 13.6 Å². The zero-order valence-electron chi connectivity index (χ0n) is 16.7. The van der Waals surface area contributed by atoms with Gasteiger partial charge in [0.25, 0.3) is 0 Å². The van der Waals surface area contributed by atoms with Crippen molar-refractivity contribution < 1.29 is 18.3 Å². The van der Waals surface area contributed by atoms with Gasteiger partial charge in [-0.3, -0.25) is 0 Å². The van der Waals surface area contributed by atoms with Crippen LogP contribution in [0.15, 0.2) is 47.4 Å². The fourth-order valence-corrected chi connectivity index (χ4v) is 4.44. The standard InChI is InChI=1S/C23H27F2NO2S/c1-2-3-14-28-23(27)26-12-10-17(11-13-26)16-29-20-7-4-18(5-8-20)21-9-6-19(24)15-22(21)25/h4-9,15,17H,2-3,10-14,16H2,1H3. The van der Waals surface area contributed by atoms with E-state index >= 15 is 0 Å². The van der Waals surface area contributed by atoms with Crippen molar-refractivity contribution in [1.82, 2.24) is 4.90 Å². The molecular formula is C23H27F2NO2S. The molecule has 1 fully saturated rings. The van der Waals surface area contributed by atoms with Crippen molar-refractivity contribution in [1.29, 1.82) is 0 Å². The fraction of sp³-hybridized carbons (Fsp3) is 0.435. The van der Waals surface area contributed by atoms with E-state index in [0.717, 1.165) is 61.1 Å². The maximum Gasteiger partial charge on any atom is 0.409 e. The van der Waals surface area contributed by atoms with Gasteiger partial charge in [-0.2, -0.15) is 0 Å². The van der Waals surface area contributed by atoms with Crippen LogP contribution < -0.4 is 0 Å². The molecule has 0 aromatic heterocycles. The van der Waals surface area contributed by atoms with E-state index in [1.54, 1.807) is 11.8 Å². The minimum Gasteiger partial charge on any atom is -0.449 e. The Morgan fingerprint density at radius 1 is 1.14 bits per heavy atom. The molecule has 0 radical (unpaired) electrons. The van der Waals surface area contributed by atoms with Crippen LogP contribution in [0.1, 0.15) is 32.6 Å². The third-order valence-corrected chi connectivity index (χ3v) is 6.42. The smallest absolute Gasteiger partial charge is 0.409 e. The number of carbonyl (C=O) groups is 1. The first kappa shape index (κ1) is 21.6. The molecule has 1 aliphatic rings. The Labute approximate surface area is 175 Å². The van der Waals surface area contributed by atoms with Crippen molar-refractivity contribution in [2.24, 2.45) is 5.92 Å². The first-order valence-electron chi connectivity index (χ1n) is 10.2. The molecule has 3 nitrogen and oxygen atoms in total. The van der Waals surface area contributed by atoms with Crippen molar-refractivity contribution in [3.05, 3.63) is 54.1 Å². The highest BCUT2D eigenvalue weighted by Gasteiger charge is 2.23. The van der Waals surface area contributed by atoms with Gasteiger partial charge < -0.3 is 9.64 Å². The second-order valence-electron chi connectivity index (χ2n) is 7.36. The Balaban J connectivity index is 1.45. The molecule has 2 aromatic rings. The number of hydrogen-bond donors (Lipinski definition) is 0. The summed E-state index contributed by atoms with van der Waals surface area (Å²) in [7, 11) is 0. The molecule has 1 heterocycles. The molecule has 0 aliphatic carbocycles. The molecule has 1 aliphatic heterocycles. The van der Waals surface area contributed by atoms with E-state index in [-0.39, 0.29) is 6.09 Å². The van der Waals surface area contributed by atoms with E-state index in [1.807, 2.05) is 29.2 Å². The number of amides is 1. The summed E-state index contributed by atoms with van der Waals surface area (Å²) in [6.45, 7) is 4.08. The zero-order chi connectivity index (χ0) is 20.6. The Morgan fingerprint density at radius 3 is 2.52 bits per heavy atom. The van der Waals surface area contributed by atoms with E-state index in [9.17, 15) is 13.6 Å².